The minimum Gasteiger partial charge on any atom is -0.289 e. The Morgan fingerprint density at radius 1 is 0.783 bits per heavy atom. The van der Waals surface area contributed by atoms with E-state index in [0.717, 1.165) is 11.3 Å². The van der Waals surface area contributed by atoms with Crippen LogP contribution in [0.3, 0.4) is 0 Å². The van der Waals surface area contributed by atoms with Crippen LogP contribution in [-0.4, -0.2) is 10.8 Å². The van der Waals surface area contributed by atoms with E-state index in [1.54, 1.807) is 6.20 Å². The van der Waals surface area contributed by atoms with Crippen LogP contribution in [-0.2, 0) is 0 Å². The van der Waals surface area contributed by atoms with Gasteiger partial charge in [-0.2, -0.15) is 0 Å². The average molecular weight is 303 g/mol. The molecule has 0 saturated heterocycles. The number of pyridine rings is 1. The number of aromatic nitrogens is 1. The first-order valence-electron chi connectivity index (χ1n) is 7.87. The molecule has 0 saturated carbocycles. The molecule has 1 heterocycles. The van der Waals surface area contributed by atoms with Crippen molar-refractivity contribution in [1.82, 2.24) is 4.98 Å². The number of aryl methyl sites for hydroxylation is 1. The quantitative estimate of drug-likeness (QED) is 0.613. The summed E-state index contributed by atoms with van der Waals surface area (Å²) >= 11 is 0. The molecule has 23 heavy (non-hydrogen) atoms. The maximum atomic E-state index is 12.3. The molecular formula is C21H21NO. The minimum atomic E-state index is -0.000524. The summed E-state index contributed by atoms with van der Waals surface area (Å²) in [6, 6.07) is 21.1. The van der Waals surface area contributed by atoms with Gasteiger partial charge in [0.1, 0.15) is 0 Å². The fourth-order valence-corrected chi connectivity index (χ4v) is 2.30. The van der Waals surface area contributed by atoms with Crippen molar-refractivity contribution in [1.29, 1.82) is 0 Å². The minimum absolute atomic E-state index is 0.000524. The monoisotopic (exact) mass is 303 g/mol. The normalized spacial score (nSPS) is 9.70. The van der Waals surface area contributed by atoms with Gasteiger partial charge in [0, 0.05) is 22.9 Å². The molecule has 0 N–H and O–H groups in total. The topological polar surface area (TPSA) is 30.0 Å². The van der Waals surface area contributed by atoms with E-state index < -0.39 is 0 Å². The third-order valence-corrected chi connectivity index (χ3v) is 3.48. The Morgan fingerprint density at radius 3 is 2.04 bits per heavy atom. The van der Waals surface area contributed by atoms with Gasteiger partial charge in [-0.15, -0.1) is 0 Å². The lowest BCUT2D eigenvalue weighted by molar-refractivity contribution is 0.103. The Kier molecular flexibility index (Phi) is 5.81. The van der Waals surface area contributed by atoms with Crippen molar-refractivity contribution in [3.05, 3.63) is 89.6 Å². The molecule has 2 nitrogen and oxygen atoms in total. The zero-order chi connectivity index (χ0) is 16.7. The number of benzene rings is 2. The number of nitrogens with zero attached hydrogens (tertiary/aromatic N) is 1. The Bertz CT molecular complexity index is 761. The van der Waals surface area contributed by atoms with Crippen molar-refractivity contribution in [3.8, 4) is 11.3 Å². The number of ketones is 1. The lowest BCUT2D eigenvalue weighted by Crippen LogP contribution is -2.01. The van der Waals surface area contributed by atoms with Crippen LogP contribution < -0.4 is 0 Å². The second-order valence-electron chi connectivity index (χ2n) is 4.94. The first-order valence-corrected chi connectivity index (χ1v) is 7.87. The number of hydrogen-bond acceptors (Lipinski definition) is 2. The molecule has 3 aromatic rings. The standard InChI is InChI=1S/C19H15NO.C2H6/c1-14-7-5-6-10-17(14)18-12-11-16(13-20-18)19(21)15-8-3-2-4-9-15;1-2/h2-13H,1H3;1-2H3. The molecule has 0 amide bonds. The van der Waals surface area contributed by atoms with Gasteiger partial charge in [0.2, 0.25) is 0 Å². The molecule has 0 aliphatic carbocycles. The molecule has 0 unspecified atom stereocenters. The van der Waals surface area contributed by atoms with Gasteiger partial charge >= 0.3 is 0 Å². The van der Waals surface area contributed by atoms with E-state index in [1.807, 2.05) is 74.5 Å². The van der Waals surface area contributed by atoms with Gasteiger partial charge in [0.15, 0.2) is 5.78 Å². The molecule has 0 atom stereocenters. The summed E-state index contributed by atoms with van der Waals surface area (Å²) < 4.78 is 0. The number of hydrogen-bond donors (Lipinski definition) is 0. The third-order valence-electron chi connectivity index (χ3n) is 3.48. The van der Waals surface area contributed by atoms with Crippen molar-refractivity contribution in [2.24, 2.45) is 0 Å². The maximum Gasteiger partial charge on any atom is 0.194 e. The van der Waals surface area contributed by atoms with Crippen LogP contribution in [0.1, 0.15) is 35.3 Å². The molecular weight excluding hydrogens is 282 g/mol. The molecule has 0 radical (unpaired) electrons. The van der Waals surface area contributed by atoms with Crippen LogP contribution in [0.4, 0.5) is 0 Å². The molecule has 0 aliphatic heterocycles. The van der Waals surface area contributed by atoms with Gasteiger partial charge in [0.05, 0.1) is 5.69 Å². The van der Waals surface area contributed by atoms with Crippen LogP contribution in [0.2, 0.25) is 0 Å². The highest BCUT2D eigenvalue weighted by Crippen LogP contribution is 2.21. The van der Waals surface area contributed by atoms with Crippen LogP contribution in [0, 0.1) is 6.92 Å². The summed E-state index contributed by atoms with van der Waals surface area (Å²) in [4.78, 5) is 16.8. The Morgan fingerprint density at radius 2 is 1.43 bits per heavy atom. The van der Waals surface area contributed by atoms with Crippen LogP contribution in [0.15, 0.2) is 72.9 Å². The average Bonchev–Trinajstić information content (AvgIpc) is 2.64. The summed E-state index contributed by atoms with van der Waals surface area (Å²) in [5.74, 6) is -0.000524. The second-order valence-corrected chi connectivity index (χ2v) is 4.94. The fourth-order valence-electron chi connectivity index (χ4n) is 2.30. The van der Waals surface area contributed by atoms with Crippen LogP contribution in [0.5, 0.6) is 0 Å². The lowest BCUT2D eigenvalue weighted by atomic mass is 10.0. The predicted octanol–water partition coefficient (Wildman–Crippen LogP) is 5.31. The van der Waals surface area contributed by atoms with Gasteiger partial charge in [-0.3, -0.25) is 9.78 Å². The summed E-state index contributed by atoms with van der Waals surface area (Å²) in [7, 11) is 0. The summed E-state index contributed by atoms with van der Waals surface area (Å²) in [6.45, 7) is 6.06. The highest BCUT2D eigenvalue weighted by molar-refractivity contribution is 6.08. The predicted molar refractivity (Wildman–Crippen MR) is 95.6 cm³/mol. The molecule has 0 aliphatic rings. The van der Waals surface area contributed by atoms with E-state index in [9.17, 15) is 4.79 Å². The fraction of sp³-hybridized carbons (Fsp3) is 0.143. The van der Waals surface area contributed by atoms with Gasteiger partial charge in [-0.05, 0) is 24.6 Å². The molecule has 2 heteroatoms. The molecule has 116 valence electrons. The van der Waals surface area contributed by atoms with Crippen molar-refractivity contribution in [2.45, 2.75) is 20.8 Å². The smallest absolute Gasteiger partial charge is 0.194 e. The van der Waals surface area contributed by atoms with Crippen molar-refractivity contribution >= 4 is 5.78 Å². The summed E-state index contributed by atoms with van der Waals surface area (Å²) in [5, 5.41) is 0. The van der Waals surface area contributed by atoms with Gasteiger partial charge in [-0.1, -0.05) is 68.4 Å². The SMILES string of the molecule is CC.Cc1ccccc1-c1ccc(C(=O)c2ccccc2)cn1. The van der Waals surface area contributed by atoms with E-state index in [2.05, 4.69) is 18.0 Å². The molecule has 0 spiro atoms. The molecule has 0 bridgehead atoms. The third kappa shape index (κ3) is 3.92. The van der Waals surface area contributed by atoms with Gasteiger partial charge in [0.25, 0.3) is 0 Å². The Balaban J connectivity index is 0.000000924. The maximum absolute atomic E-state index is 12.3. The lowest BCUT2D eigenvalue weighted by Gasteiger charge is -2.06. The highest BCUT2D eigenvalue weighted by atomic mass is 16.1. The number of rotatable bonds is 3. The highest BCUT2D eigenvalue weighted by Gasteiger charge is 2.09. The Hall–Kier alpha value is -2.74. The number of carbonyl (C=O) groups is 1. The van der Waals surface area contributed by atoms with E-state index in [0.29, 0.717) is 11.1 Å². The summed E-state index contributed by atoms with van der Waals surface area (Å²) in [5.41, 5.74) is 4.45. The Labute approximate surface area is 137 Å². The molecule has 2 aromatic carbocycles. The zero-order valence-electron chi connectivity index (χ0n) is 13.8. The van der Waals surface area contributed by atoms with E-state index >= 15 is 0 Å². The first-order chi connectivity index (χ1) is 11.3. The van der Waals surface area contributed by atoms with Crippen LogP contribution in [0.25, 0.3) is 11.3 Å². The molecule has 1 aromatic heterocycles. The molecule has 3 rings (SSSR count). The summed E-state index contributed by atoms with van der Waals surface area (Å²) in [6.07, 6.45) is 1.65. The zero-order valence-corrected chi connectivity index (χ0v) is 13.8. The molecule has 0 fully saturated rings. The second kappa shape index (κ2) is 8.04. The first kappa shape index (κ1) is 16.6. The van der Waals surface area contributed by atoms with Crippen molar-refractivity contribution in [3.63, 3.8) is 0 Å². The van der Waals surface area contributed by atoms with E-state index in [1.165, 1.54) is 5.56 Å². The number of carbonyl (C=O) groups excluding carboxylic acids is 1. The van der Waals surface area contributed by atoms with Gasteiger partial charge in [-0.25, -0.2) is 0 Å². The van der Waals surface area contributed by atoms with Crippen LogP contribution >= 0.6 is 0 Å². The van der Waals surface area contributed by atoms with E-state index in [4.69, 9.17) is 0 Å². The van der Waals surface area contributed by atoms with E-state index in [-0.39, 0.29) is 5.78 Å². The largest absolute Gasteiger partial charge is 0.289 e. The van der Waals surface area contributed by atoms with Crippen molar-refractivity contribution < 1.29 is 4.79 Å². The van der Waals surface area contributed by atoms with Crippen molar-refractivity contribution in [2.75, 3.05) is 0 Å². The van der Waals surface area contributed by atoms with Gasteiger partial charge < -0.3 is 0 Å².